The molecule has 0 radical (unpaired) electrons. The number of phenols is 1. The normalized spacial score (nSPS) is 14.3. The predicted molar refractivity (Wildman–Crippen MR) is 116 cm³/mol. The first-order valence-electron chi connectivity index (χ1n) is 8.74. The van der Waals surface area contributed by atoms with Gasteiger partial charge in [-0.15, -0.1) is 11.3 Å². The number of aromatic hydroxyl groups is 1. The van der Waals surface area contributed by atoms with Crippen molar-refractivity contribution in [2.45, 2.75) is 24.1 Å². The van der Waals surface area contributed by atoms with Crippen LogP contribution in [-0.4, -0.2) is 23.2 Å². The Balaban J connectivity index is 0.00000124. The van der Waals surface area contributed by atoms with E-state index in [4.69, 9.17) is 4.79 Å². The van der Waals surface area contributed by atoms with Crippen molar-refractivity contribution in [1.82, 2.24) is 0 Å². The summed E-state index contributed by atoms with van der Waals surface area (Å²) in [6.45, 7) is 5.28. The van der Waals surface area contributed by atoms with Crippen LogP contribution in [0.25, 0.3) is 11.1 Å². The second-order valence-corrected chi connectivity index (χ2v) is 8.50. The second kappa shape index (κ2) is 8.85. The minimum Gasteiger partial charge on any atom is -0.508 e. The van der Waals surface area contributed by atoms with Crippen molar-refractivity contribution in [3.05, 3.63) is 58.5 Å². The highest BCUT2D eigenvalue weighted by molar-refractivity contribution is 8.01. The molecule has 0 fully saturated rings. The second-order valence-electron chi connectivity index (χ2n) is 6.47. The van der Waals surface area contributed by atoms with Crippen LogP contribution < -0.4 is 10.6 Å². The quantitative estimate of drug-likeness (QED) is 0.473. The van der Waals surface area contributed by atoms with Gasteiger partial charge in [-0.05, 0) is 43.2 Å². The lowest BCUT2D eigenvalue weighted by atomic mass is 10.0. The lowest BCUT2D eigenvalue weighted by Crippen LogP contribution is -2.29. The van der Waals surface area contributed by atoms with E-state index in [0.717, 1.165) is 10.6 Å². The van der Waals surface area contributed by atoms with Gasteiger partial charge in [0.25, 0.3) is 5.91 Å². The smallest absolute Gasteiger partial charge is 0.258 e. The minimum absolute atomic E-state index is 0.139. The molecule has 2 heterocycles. The summed E-state index contributed by atoms with van der Waals surface area (Å²) in [5.74, 6) is -1.86. The van der Waals surface area contributed by atoms with Crippen molar-refractivity contribution < 1.29 is 23.5 Å². The molecule has 5 nitrogen and oxygen atoms in total. The van der Waals surface area contributed by atoms with E-state index in [1.54, 1.807) is 36.6 Å². The van der Waals surface area contributed by atoms with Crippen LogP contribution in [-0.2, 0) is 9.59 Å². The maximum atomic E-state index is 14.3. The Kier molecular flexibility index (Phi) is 6.42. The summed E-state index contributed by atoms with van der Waals surface area (Å²) in [6, 6.07) is 7.95. The Labute approximate surface area is 180 Å². The van der Waals surface area contributed by atoms with Crippen LogP contribution in [0.2, 0.25) is 0 Å². The van der Waals surface area contributed by atoms with Gasteiger partial charge < -0.3 is 20.5 Å². The first-order valence-corrected chi connectivity index (χ1v) is 10.5. The molecule has 0 aliphatic carbocycles. The first kappa shape index (κ1) is 21.8. The SMILES string of the molecule is C=O.Cc1ccc(-c2csc(NC(=O)C3Nc4ccc(O)cc4S3)c2C)c(F)c1F. The zero-order valence-corrected chi connectivity index (χ0v) is 17.7. The van der Waals surface area contributed by atoms with Gasteiger partial charge in [0.1, 0.15) is 12.5 Å². The minimum atomic E-state index is -0.887. The highest BCUT2D eigenvalue weighted by atomic mass is 32.2. The molecule has 0 saturated carbocycles. The van der Waals surface area contributed by atoms with Gasteiger partial charge in [-0.2, -0.15) is 0 Å². The molecule has 3 N–H and O–H groups in total. The first-order chi connectivity index (χ1) is 14.3. The number of hydrogen-bond donors (Lipinski definition) is 3. The van der Waals surface area contributed by atoms with Gasteiger partial charge in [0.05, 0.1) is 5.00 Å². The van der Waals surface area contributed by atoms with E-state index in [0.29, 0.717) is 16.1 Å². The Morgan fingerprint density at radius 1 is 1.13 bits per heavy atom. The van der Waals surface area contributed by atoms with Gasteiger partial charge in [0.15, 0.2) is 17.0 Å². The Hall–Kier alpha value is -2.91. The molecule has 1 amide bonds. The topological polar surface area (TPSA) is 78.4 Å². The summed E-state index contributed by atoms with van der Waals surface area (Å²) in [6.07, 6.45) is 0. The average molecular weight is 449 g/mol. The number of benzene rings is 2. The molecule has 2 aromatic carbocycles. The number of carbonyl (C=O) groups excluding carboxylic acids is 2. The number of rotatable bonds is 3. The summed E-state index contributed by atoms with van der Waals surface area (Å²) in [7, 11) is 0. The Morgan fingerprint density at radius 3 is 2.60 bits per heavy atom. The fourth-order valence-corrected chi connectivity index (χ4v) is 5.02. The van der Waals surface area contributed by atoms with E-state index in [-0.39, 0.29) is 22.8 Å². The van der Waals surface area contributed by atoms with E-state index >= 15 is 0 Å². The zero-order valence-electron chi connectivity index (χ0n) is 16.1. The zero-order chi connectivity index (χ0) is 22.0. The molecule has 1 atom stereocenters. The predicted octanol–water partition coefficient (Wildman–Crippen LogP) is 5.31. The number of aryl methyl sites for hydroxylation is 1. The van der Waals surface area contributed by atoms with Crippen molar-refractivity contribution in [1.29, 1.82) is 0 Å². The molecule has 1 aromatic heterocycles. The standard InChI is InChI=1S/C20H16F2N2O2S2.CH2O/c1-9-3-5-12(17(22)16(9)21)13-8-27-19(10(13)2)24-18(26)20-23-14-6-4-11(25)7-15(14)28-20;1-2/h3-8,20,23,25H,1-2H3,(H,24,26);1H2. The van der Waals surface area contributed by atoms with Crippen LogP contribution >= 0.6 is 23.1 Å². The van der Waals surface area contributed by atoms with Crippen LogP contribution in [0.3, 0.4) is 0 Å². The molecule has 0 spiro atoms. The lowest BCUT2D eigenvalue weighted by Gasteiger charge is -2.11. The Bertz CT molecular complexity index is 1120. The van der Waals surface area contributed by atoms with Crippen LogP contribution in [0.4, 0.5) is 19.5 Å². The third-order valence-electron chi connectivity index (χ3n) is 4.58. The van der Waals surface area contributed by atoms with Gasteiger partial charge in [0.2, 0.25) is 0 Å². The third-order valence-corrected chi connectivity index (χ3v) is 6.73. The molecular weight excluding hydrogens is 430 g/mol. The maximum Gasteiger partial charge on any atom is 0.258 e. The highest BCUT2D eigenvalue weighted by Gasteiger charge is 2.29. The van der Waals surface area contributed by atoms with Crippen LogP contribution in [0.1, 0.15) is 11.1 Å². The lowest BCUT2D eigenvalue weighted by molar-refractivity contribution is -0.115. The molecule has 4 rings (SSSR count). The van der Waals surface area contributed by atoms with Crippen LogP contribution in [0, 0.1) is 25.5 Å². The van der Waals surface area contributed by atoms with Crippen molar-refractivity contribution in [3.8, 4) is 16.9 Å². The van der Waals surface area contributed by atoms with Crippen molar-refractivity contribution in [2.24, 2.45) is 0 Å². The van der Waals surface area contributed by atoms with Crippen molar-refractivity contribution >= 4 is 46.5 Å². The molecule has 1 aliphatic rings. The number of fused-ring (bicyclic) bond motifs is 1. The molecule has 0 bridgehead atoms. The molecule has 156 valence electrons. The number of hydrogen-bond acceptors (Lipinski definition) is 6. The molecule has 3 aromatic rings. The number of thioether (sulfide) groups is 1. The fraction of sp³-hybridized carbons (Fsp3) is 0.143. The Morgan fingerprint density at radius 2 is 1.87 bits per heavy atom. The van der Waals surface area contributed by atoms with E-state index < -0.39 is 17.0 Å². The van der Waals surface area contributed by atoms with E-state index in [9.17, 15) is 18.7 Å². The number of anilines is 2. The van der Waals surface area contributed by atoms with Crippen molar-refractivity contribution in [2.75, 3.05) is 10.6 Å². The third kappa shape index (κ3) is 4.03. The number of halogens is 2. The van der Waals surface area contributed by atoms with E-state index in [1.165, 1.54) is 36.1 Å². The molecule has 0 saturated heterocycles. The number of phenolic OH excluding ortho intramolecular Hbond substituents is 1. The number of amides is 1. The van der Waals surface area contributed by atoms with Gasteiger partial charge >= 0.3 is 0 Å². The largest absolute Gasteiger partial charge is 0.508 e. The molecule has 30 heavy (non-hydrogen) atoms. The summed E-state index contributed by atoms with van der Waals surface area (Å²) >= 11 is 2.57. The number of carbonyl (C=O) groups is 2. The van der Waals surface area contributed by atoms with E-state index in [2.05, 4.69) is 10.6 Å². The molecule has 9 heteroatoms. The van der Waals surface area contributed by atoms with Gasteiger partial charge in [-0.25, -0.2) is 8.78 Å². The highest BCUT2D eigenvalue weighted by Crippen LogP contribution is 2.42. The molecule has 1 unspecified atom stereocenters. The van der Waals surface area contributed by atoms with Crippen molar-refractivity contribution in [3.63, 3.8) is 0 Å². The maximum absolute atomic E-state index is 14.3. The summed E-state index contributed by atoms with van der Waals surface area (Å²) in [4.78, 5) is 21.4. The summed E-state index contributed by atoms with van der Waals surface area (Å²) in [5.41, 5.74) is 2.44. The van der Waals surface area contributed by atoms with E-state index in [1.807, 2.05) is 6.79 Å². The fourth-order valence-electron chi connectivity index (χ4n) is 2.98. The van der Waals surface area contributed by atoms with Crippen LogP contribution in [0.15, 0.2) is 40.6 Å². The average Bonchev–Trinajstić information content (AvgIpc) is 3.32. The number of thiophene rings is 1. The number of nitrogens with one attached hydrogen (secondary N) is 2. The molecular formula is C21H18F2N2O3S2. The van der Waals surface area contributed by atoms with Gasteiger partial charge in [-0.3, -0.25) is 4.79 Å². The van der Waals surface area contributed by atoms with Gasteiger partial charge in [0, 0.05) is 27.1 Å². The van der Waals surface area contributed by atoms with Gasteiger partial charge in [-0.1, -0.05) is 23.9 Å². The summed E-state index contributed by atoms with van der Waals surface area (Å²) in [5, 5.41) is 17.3. The molecule has 1 aliphatic heterocycles. The monoisotopic (exact) mass is 448 g/mol. The summed E-state index contributed by atoms with van der Waals surface area (Å²) < 4.78 is 28.3. The van der Waals surface area contributed by atoms with Crippen LogP contribution in [0.5, 0.6) is 5.75 Å².